The SMILES string of the molecule is C=Cc1cccc(C=C)c1-c1ccccc1.CC. The van der Waals surface area contributed by atoms with Gasteiger partial charge in [-0.05, 0) is 22.3 Å². The third-order valence-electron chi connectivity index (χ3n) is 2.63. The average Bonchev–Trinajstić information content (AvgIpc) is 2.49. The highest BCUT2D eigenvalue weighted by molar-refractivity contribution is 5.82. The van der Waals surface area contributed by atoms with E-state index in [4.69, 9.17) is 0 Å². The van der Waals surface area contributed by atoms with Crippen LogP contribution in [0.2, 0.25) is 0 Å². The number of hydrogen-bond acceptors (Lipinski definition) is 0. The molecule has 0 aromatic heterocycles. The normalized spacial score (nSPS) is 9.00. The molecule has 0 aliphatic heterocycles. The summed E-state index contributed by atoms with van der Waals surface area (Å²) in [7, 11) is 0. The third kappa shape index (κ3) is 2.98. The molecule has 2 aromatic rings. The zero-order chi connectivity index (χ0) is 13.4. The fourth-order valence-corrected chi connectivity index (χ4v) is 1.87. The Morgan fingerprint density at radius 1 is 0.722 bits per heavy atom. The summed E-state index contributed by atoms with van der Waals surface area (Å²) in [6.45, 7) is 11.7. The van der Waals surface area contributed by atoms with Crippen molar-refractivity contribution in [3.05, 3.63) is 72.8 Å². The summed E-state index contributed by atoms with van der Waals surface area (Å²) in [5.74, 6) is 0. The molecule has 18 heavy (non-hydrogen) atoms. The van der Waals surface area contributed by atoms with Crippen LogP contribution in [0.3, 0.4) is 0 Å². The van der Waals surface area contributed by atoms with E-state index in [0.29, 0.717) is 0 Å². The van der Waals surface area contributed by atoms with Crippen LogP contribution in [-0.4, -0.2) is 0 Å². The first-order valence-electron chi connectivity index (χ1n) is 6.30. The van der Waals surface area contributed by atoms with E-state index in [1.54, 1.807) is 0 Å². The Morgan fingerprint density at radius 3 is 1.67 bits per heavy atom. The summed E-state index contributed by atoms with van der Waals surface area (Å²) >= 11 is 0. The van der Waals surface area contributed by atoms with Gasteiger partial charge >= 0.3 is 0 Å². The summed E-state index contributed by atoms with van der Waals surface area (Å²) in [6, 6.07) is 16.5. The van der Waals surface area contributed by atoms with Gasteiger partial charge in [-0.25, -0.2) is 0 Å². The van der Waals surface area contributed by atoms with Gasteiger partial charge in [-0.1, -0.05) is 87.7 Å². The lowest BCUT2D eigenvalue weighted by Gasteiger charge is -2.10. The van der Waals surface area contributed by atoms with Crippen molar-refractivity contribution >= 4 is 12.2 Å². The van der Waals surface area contributed by atoms with Gasteiger partial charge in [-0.15, -0.1) is 0 Å². The summed E-state index contributed by atoms with van der Waals surface area (Å²) in [4.78, 5) is 0. The maximum absolute atomic E-state index is 3.86. The smallest absolute Gasteiger partial charge is 0.00393 e. The Kier molecular flexibility index (Phi) is 5.66. The van der Waals surface area contributed by atoms with Crippen molar-refractivity contribution in [2.45, 2.75) is 13.8 Å². The van der Waals surface area contributed by atoms with E-state index in [9.17, 15) is 0 Å². The average molecular weight is 236 g/mol. The second-order valence-corrected chi connectivity index (χ2v) is 3.59. The number of benzene rings is 2. The van der Waals surface area contributed by atoms with Crippen molar-refractivity contribution in [3.8, 4) is 11.1 Å². The van der Waals surface area contributed by atoms with Crippen LogP contribution in [0.5, 0.6) is 0 Å². The zero-order valence-electron chi connectivity index (χ0n) is 11.2. The van der Waals surface area contributed by atoms with E-state index in [0.717, 1.165) is 11.1 Å². The molecule has 0 unspecified atom stereocenters. The summed E-state index contributed by atoms with van der Waals surface area (Å²) in [5.41, 5.74) is 4.69. The third-order valence-corrected chi connectivity index (χ3v) is 2.63. The molecule has 92 valence electrons. The Hall–Kier alpha value is -2.08. The van der Waals surface area contributed by atoms with Gasteiger partial charge in [0.1, 0.15) is 0 Å². The van der Waals surface area contributed by atoms with Crippen LogP contribution in [0.25, 0.3) is 23.3 Å². The van der Waals surface area contributed by atoms with Crippen molar-refractivity contribution in [3.63, 3.8) is 0 Å². The maximum Gasteiger partial charge on any atom is -0.00393 e. The lowest BCUT2D eigenvalue weighted by atomic mass is 9.94. The van der Waals surface area contributed by atoms with Crippen LogP contribution in [0.15, 0.2) is 61.7 Å². The van der Waals surface area contributed by atoms with Gasteiger partial charge in [0.15, 0.2) is 0 Å². The van der Waals surface area contributed by atoms with Crippen LogP contribution in [-0.2, 0) is 0 Å². The molecule has 0 radical (unpaired) electrons. The number of rotatable bonds is 3. The Labute approximate surface area is 110 Å². The Balaban J connectivity index is 0.000000771. The molecule has 0 nitrogen and oxygen atoms in total. The van der Waals surface area contributed by atoms with Gasteiger partial charge in [0.2, 0.25) is 0 Å². The van der Waals surface area contributed by atoms with Crippen LogP contribution in [0.1, 0.15) is 25.0 Å². The molecule has 0 atom stereocenters. The van der Waals surface area contributed by atoms with E-state index in [1.807, 2.05) is 50.3 Å². The molecule has 0 aliphatic carbocycles. The highest BCUT2D eigenvalue weighted by Gasteiger charge is 2.05. The molecule has 2 rings (SSSR count). The second-order valence-electron chi connectivity index (χ2n) is 3.59. The quantitative estimate of drug-likeness (QED) is 0.644. The van der Waals surface area contributed by atoms with E-state index in [1.165, 1.54) is 11.1 Å². The minimum Gasteiger partial charge on any atom is -0.0984 e. The van der Waals surface area contributed by atoms with Gasteiger partial charge < -0.3 is 0 Å². The first-order chi connectivity index (χ1) is 8.86. The van der Waals surface area contributed by atoms with Crippen molar-refractivity contribution in [1.29, 1.82) is 0 Å². The molecule has 0 aliphatic rings. The molecular weight excluding hydrogens is 216 g/mol. The zero-order valence-corrected chi connectivity index (χ0v) is 11.2. The molecule has 2 aromatic carbocycles. The van der Waals surface area contributed by atoms with Gasteiger partial charge in [0.25, 0.3) is 0 Å². The Bertz CT molecular complexity index is 481. The molecule has 0 heterocycles. The van der Waals surface area contributed by atoms with Crippen molar-refractivity contribution in [2.24, 2.45) is 0 Å². The number of hydrogen-bond donors (Lipinski definition) is 0. The fraction of sp³-hybridized carbons (Fsp3) is 0.111. The lowest BCUT2D eigenvalue weighted by Crippen LogP contribution is -1.87. The van der Waals surface area contributed by atoms with Gasteiger partial charge in [0, 0.05) is 0 Å². The Morgan fingerprint density at radius 2 is 1.22 bits per heavy atom. The van der Waals surface area contributed by atoms with Gasteiger partial charge in [-0.3, -0.25) is 0 Å². The first kappa shape index (κ1) is 14.0. The molecule has 0 heteroatoms. The summed E-state index contributed by atoms with van der Waals surface area (Å²) < 4.78 is 0. The first-order valence-corrected chi connectivity index (χ1v) is 6.30. The predicted octanol–water partition coefficient (Wildman–Crippen LogP) is 5.67. The molecule has 0 spiro atoms. The monoisotopic (exact) mass is 236 g/mol. The van der Waals surface area contributed by atoms with Crippen LogP contribution in [0, 0.1) is 0 Å². The largest absolute Gasteiger partial charge is 0.0984 e. The molecule has 0 saturated carbocycles. The lowest BCUT2D eigenvalue weighted by molar-refractivity contribution is 1.50. The summed E-state index contributed by atoms with van der Waals surface area (Å²) in [6.07, 6.45) is 3.77. The highest BCUT2D eigenvalue weighted by atomic mass is 14.1. The van der Waals surface area contributed by atoms with Gasteiger partial charge in [0.05, 0.1) is 0 Å². The highest BCUT2D eigenvalue weighted by Crippen LogP contribution is 2.29. The van der Waals surface area contributed by atoms with E-state index in [2.05, 4.69) is 37.4 Å². The molecule has 0 fully saturated rings. The maximum atomic E-state index is 3.86. The van der Waals surface area contributed by atoms with Crippen LogP contribution >= 0.6 is 0 Å². The van der Waals surface area contributed by atoms with Crippen LogP contribution < -0.4 is 0 Å². The van der Waals surface area contributed by atoms with Gasteiger partial charge in [-0.2, -0.15) is 0 Å². The van der Waals surface area contributed by atoms with Crippen LogP contribution in [0.4, 0.5) is 0 Å². The topological polar surface area (TPSA) is 0 Å². The van der Waals surface area contributed by atoms with E-state index in [-0.39, 0.29) is 0 Å². The standard InChI is InChI=1S/C16H14.C2H6/c1-3-13-11-8-12-14(4-2)16(13)15-9-6-5-7-10-15;1-2/h3-12H,1-2H2;1-2H3. The molecule has 0 N–H and O–H groups in total. The molecule has 0 amide bonds. The van der Waals surface area contributed by atoms with Crippen molar-refractivity contribution < 1.29 is 0 Å². The fourth-order valence-electron chi connectivity index (χ4n) is 1.87. The van der Waals surface area contributed by atoms with E-state index >= 15 is 0 Å². The molecular formula is C18H20. The predicted molar refractivity (Wildman–Crippen MR) is 83.4 cm³/mol. The van der Waals surface area contributed by atoms with Crippen molar-refractivity contribution in [2.75, 3.05) is 0 Å². The van der Waals surface area contributed by atoms with E-state index < -0.39 is 0 Å². The minimum absolute atomic E-state index is 1.14. The minimum atomic E-state index is 1.14. The molecule has 0 bridgehead atoms. The second kappa shape index (κ2) is 7.29. The summed E-state index contributed by atoms with van der Waals surface area (Å²) in [5, 5.41) is 0. The molecule has 0 saturated heterocycles. The van der Waals surface area contributed by atoms with Crippen molar-refractivity contribution in [1.82, 2.24) is 0 Å².